The second-order valence-electron chi connectivity index (χ2n) is 6.60. The number of pyridine rings is 1. The Morgan fingerprint density at radius 2 is 2.04 bits per heavy atom. The van der Waals surface area contributed by atoms with Gasteiger partial charge in [0.15, 0.2) is 5.65 Å². The van der Waals surface area contributed by atoms with Crippen molar-refractivity contribution in [1.82, 2.24) is 23.9 Å². The molecule has 4 heterocycles. The van der Waals surface area contributed by atoms with Crippen LogP contribution in [0.2, 0.25) is 0 Å². The number of imidazole rings is 1. The van der Waals surface area contributed by atoms with E-state index >= 15 is 0 Å². The number of rotatable bonds is 3. The average molecular weight is 342 g/mol. The smallest absolute Gasteiger partial charge is 0.327 e. The molecular weight excluding hydrogens is 324 g/mol. The second kappa shape index (κ2) is 5.41. The molecule has 0 aromatic carbocycles. The predicted molar refractivity (Wildman–Crippen MR) is 92.7 cm³/mol. The van der Waals surface area contributed by atoms with Gasteiger partial charge in [-0.05, 0) is 37.8 Å². The highest BCUT2D eigenvalue weighted by molar-refractivity contribution is 7.09. The molecule has 0 unspecified atom stereocenters. The summed E-state index contributed by atoms with van der Waals surface area (Å²) in [4.78, 5) is 26.6. The largest absolute Gasteiger partial charge is 0.347 e. The van der Waals surface area contributed by atoms with E-state index in [1.165, 1.54) is 24.4 Å². The van der Waals surface area contributed by atoms with Crippen LogP contribution in [0.15, 0.2) is 23.1 Å². The van der Waals surface area contributed by atoms with Crippen LogP contribution in [0.1, 0.15) is 43.5 Å². The van der Waals surface area contributed by atoms with E-state index in [1.807, 2.05) is 16.7 Å². The lowest BCUT2D eigenvalue weighted by Gasteiger charge is -2.31. The van der Waals surface area contributed by atoms with Crippen molar-refractivity contribution in [3.05, 3.63) is 34.6 Å². The summed E-state index contributed by atoms with van der Waals surface area (Å²) in [6.45, 7) is 1.80. The quantitative estimate of drug-likeness (QED) is 0.790. The highest BCUT2D eigenvalue weighted by atomic mass is 32.1. The van der Waals surface area contributed by atoms with Gasteiger partial charge in [0.05, 0.1) is 5.52 Å². The van der Waals surface area contributed by atoms with Crippen molar-refractivity contribution in [2.45, 2.75) is 37.6 Å². The molecule has 8 heteroatoms. The van der Waals surface area contributed by atoms with Crippen LogP contribution in [-0.4, -0.2) is 37.0 Å². The van der Waals surface area contributed by atoms with Crippen LogP contribution in [0.3, 0.4) is 0 Å². The monoisotopic (exact) mass is 342 g/mol. The maximum atomic E-state index is 12.3. The lowest BCUT2D eigenvalue weighted by Crippen LogP contribution is -2.37. The van der Waals surface area contributed by atoms with Crippen LogP contribution >= 0.6 is 11.5 Å². The molecule has 1 saturated heterocycles. The van der Waals surface area contributed by atoms with Gasteiger partial charge in [-0.15, -0.1) is 0 Å². The minimum absolute atomic E-state index is 0.0610. The molecule has 2 aliphatic rings. The van der Waals surface area contributed by atoms with Gasteiger partial charge in [-0.25, -0.2) is 14.8 Å². The number of hydrogen-bond acceptors (Lipinski definition) is 6. The number of anilines is 1. The number of hydrogen-bond donors (Lipinski definition) is 1. The van der Waals surface area contributed by atoms with Gasteiger partial charge < -0.3 is 9.88 Å². The molecule has 24 heavy (non-hydrogen) atoms. The van der Waals surface area contributed by atoms with E-state index in [-0.39, 0.29) is 11.7 Å². The van der Waals surface area contributed by atoms with Crippen LogP contribution in [0.5, 0.6) is 0 Å². The zero-order chi connectivity index (χ0) is 16.1. The fourth-order valence-corrected chi connectivity index (χ4v) is 4.27. The van der Waals surface area contributed by atoms with Gasteiger partial charge in [0.1, 0.15) is 5.82 Å². The first kappa shape index (κ1) is 14.2. The fourth-order valence-electron chi connectivity index (χ4n) is 3.47. The Bertz CT molecular complexity index is 931. The lowest BCUT2D eigenvalue weighted by molar-refractivity contribution is 0.395. The summed E-state index contributed by atoms with van der Waals surface area (Å²) in [5.74, 6) is 1.62. The van der Waals surface area contributed by atoms with Crippen molar-refractivity contribution in [3.8, 4) is 0 Å². The van der Waals surface area contributed by atoms with Crippen molar-refractivity contribution in [3.63, 3.8) is 0 Å². The molecule has 1 aliphatic heterocycles. The van der Waals surface area contributed by atoms with Crippen LogP contribution in [-0.2, 0) is 0 Å². The zero-order valence-corrected chi connectivity index (χ0v) is 14.0. The highest BCUT2D eigenvalue weighted by Crippen LogP contribution is 2.40. The van der Waals surface area contributed by atoms with Crippen LogP contribution in [0.4, 0.5) is 5.13 Å². The molecule has 2 fully saturated rings. The van der Waals surface area contributed by atoms with Crippen LogP contribution in [0, 0.1) is 0 Å². The number of H-pyrrole nitrogens is 1. The van der Waals surface area contributed by atoms with E-state index < -0.39 is 0 Å². The van der Waals surface area contributed by atoms with Crippen molar-refractivity contribution in [2.24, 2.45) is 0 Å². The third-order valence-electron chi connectivity index (χ3n) is 4.95. The predicted octanol–water partition coefficient (Wildman–Crippen LogP) is 2.29. The van der Waals surface area contributed by atoms with Gasteiger partial charge in [0.2, 0.25) is 5.13 Å². The van der Waals surface area contributed by atoms with Crippen molar-refractivity contribution in [1.29, 1.82) is 0 Å². The lowest BCUT2D eigenvalue weighted by atomic mass is 10.1. The van der Waals surface area contributed by atoms with Crippen molar-refractivity contribution >= 4 is 27.8 Å². The van der Waals surface area contributed by atoms with Gasteiger partial charge in [0, 0.05) is 42.8 Å². The number of piperidine rings is 1. The van der Waals surface area contributed by atoms with Gasteiger partial charge in [-0.1, -0.05) is 0 Å². The molecule has 3 aromatic heterocycles. The highest BCUT2D eigenvalue weighted by Gasteiger charge is 2.30. The molecular formula is C16H18N6OS. The van der Waals surface area contributed by atoms with Crippen molar-refractivity contribution < 1.29 is 0 Å². The first-order valence-electron chi connectivity index (χ1n) is 8.43. The molecule has 1 saturated carbocycles. The second-order valence-corrected chi connectivity index (χ2v) is 7.33. The van der Waals surface area contributed by atoms with Crippen molar-refractivity contribution in [2.75, 3.05) is 18.0 Å². The van der Waals surface area contributed by atoms with Crippen LogP contribution in [0.25, 0.3) is 11.2 Å². The first-order valence-corrected chi connectivity index (χ1v) is 9.21. The molecule has 7 nitrogen and oxygen atoms in total. The number of nitrogens with zero attached hydrogens (tertiary/aromatic N) is 5. The fraction of sp³-hybridized carbons (Fsp3) is 0.500. The molecule has 1 aliphatic carbocycles. The van der Waals surface area contributed by atoms with Gasteiger partial charge >= 0.3 is 5.69 Å². The van der Waals surface area contributed by atoms with Gasteiger partial charge in [-0.3, -0.25) is 4.57 Å². The SMILES string of the molecule is O=c1[nH]c2cccnc2n1C1CCN(c2nc(C3CC3)ns2)CC1. The summed E-state index contributed by atoms with van der Waals surface area (Å²) in [5.41, 5.74) is 1.50. The summed E-state index contributed by atoms with van der Waals surface area (Å²) in [6.07, 6.45) is 6.04. The first-order chi connectivity index (χ1) is 11.8. The molecule has 0 spiro atoms. The minimum Gasteiger partial charge on any atom is -0.347 e. The van der Waals surface area contributed by atoms with E-state index in [1.54, 1.807) is 6.20 Å². The number of aromatic nitrogens is 5. The molecule has 5 rings (SSSR count). The van der Waals surface area contributed by atoms with Gasteiger partial charge in [0.25, 0.3) is 0 Å². The van der Waals surface area contributed by atoms with Gasteiger partial charge in [-0.2, -0.15) is 4.37 Å². The number of aromatic amines is 1. The van der Waals surface area contributed by atoms with E-state index in [2.05, 4.69) is 19.2 Å². The molecule has 124 valence electrons. The molecule has 0 radical (unpaired) electrons. The Labute approximate surface area is 142 Å². The molecule has 1 N–H and O–H groups in total. The summed E-state index contributed by atoms with van der Waals surface area (Å²) >= 11 is 1.51. The molecule has 0 amide bonds. The Kier molecular flexibility index (Phi) is 3.19. The molecule has 0 bridgehead atoms. The van der Waals surface area contributed by atoms with E-state index in [9.17, 15) is 4.79 Å². The third kappa shape index (κ3) is 2.32. The van der Waals surface area contributed by atoms with E-state index in [0.29, 0.717) is 5.92 Å². The van der Waals surface area contributed by atoms with E-state index in [0.717, 1.165) is 48.1 Å². The number of fused-ring (bicyclic) bond motifs is 1. The maximum Gasteiger partial charge on any atom is 0.327 e. The Balaban J connectivity index is 1.35. The zero-order valence-electron chi connectivity index (χ0n) is 13.2. The summed E-state index contributed by atoms with van der Waals surface area (Å²) < 4.78 is 6.32. The van der Waals surface area contributed by atoms with E-state index in [4.69, 9.17) is 4.98 Å². The Morgan fingerprint density at radius 3 is 2.83 bits per heavy atom. The Hall–Kier alpha value is -2.22. The molecule has 3 aromatic rings. The molecule has 0 atom stereocenters. The third-order valence-corrected chi connectivity index (χ3v) is 5.74. The standard InChI is InChI=1S/C16H18N6OS/c23-15-18-12-2-1-7-17-14(12)22(15)11-5-8-21(9-6-11)16-19-13(20-24-16)10-3-4-10/h1-2,7,10-11H,3-6,8-9H2,(H,18,23). The summed E-state index contributed by atoms with van der Waals surface area (Å²) in [5, 5.41) is 1.03. The summed E-state index contributed by atoms with van der Waals surface area (Å²) in [6, 6.07) is 3.93. The number of nitrogens with one attached hydrogen (secondary N) is 1. The topological polar surface area (TPSA) is 79.7 Å². The normalized spacial score (nSPS) is 19.2. The van der Waals surface area contributed by atoms with Crippen LogP contribution < -0.4 is 10.6 Å². The average Bonchev–Trinajstić information content (AvgIpc) is 3.24. The summed E-state index contributed by atoms with van der Waals surface area (Å²) in [7, 11) is 0. The Morgan fingerprint density at radius 1 is 1.21 bits per heavy atom. The maximum absolute atomic E-state index is 12.3. The minimum atomic E-state index is -0.0610.